The van der Waals surface area contributed by atoms with Gasteiger partial charge in [-0.3, -0.25) is 4.98 Å². The average Bonchev–Trinajstić information content (AvgIpc) is 2.42. The summed E-state index contributed by atoms with van der Waals surface area (Å²) in [6.07, 6.45) is 9.22. The van der Waals surface area contributed by atoms with E-state index in [0.717, 1.165) is 37.2 Å². The Morgan fingerprint density at radius 1 is 1.40 bits per heavy atom. The Bertz CT molecular complexity index is 450. The molecule has 0 amide bonds. The second kappa shape index (κ2) is 6.03. The molecular formula is C17H26ClNO. The van der Waals surface area contributed by atoms with E-state index in [1.165, 1.54) is 6.42 Å². The molecule has 1 N–H and O–H groups in total. The maximum absolute atomic E-state index is 10.8. The van der Waals surface area contributed by atoms with Crippen molar-refractivity contribution < 1.29 is 5.11 Å². The van der Waals surface area contributed by atoms with Gasteiger partial charge in [0.2, 0.25) is 0 Å². The third-order valence-electron chi connectivity index (χ3n) is 5.31. The number of halogens is 1. The lowest BCUT2D eigenvalue weighted by Gasteiger charge is -2.42. The van der Waals surface area contributed by atoms with E-state index in [-0.39, 0.29) is 0 Å². The highest BCUT2D eigenvalue weighted by Gasteiger charge is 2.38. The minimum Gasteiger partial charge on any atom is -0.390 e. The van der Waals surface area contributed by atoms with E-state index in [1.54, 1.807) is 12.4 Å². The van der Waals surface area contributed by atoms with Crippen molar-refractivity contribution in [1.29, 1.82) is 0 Å². The minimum atomic E-state index is -0.592. The van der Waals surface area contributed by atoms with Crippen LogP contribution in [0.15, 0.2) is 18.5 Å². The van der Waals surface area contributed by atoms with Gasteiger partial charge in [-0.2, -0.15) is 0 Å². The summed E-state index contributed by atoms with van der Waals surface area (Å²) in [5.74, 6) is 0.723. The van der Waals surface area contributed by atoms with Crippen molar-refractivity contribution in [1.82, 2.24) is 4.98 Å². The van der Waals surface area contributed by atoms with Crippen LogP contribution in [0.5, 0.6) is 0 Å². The van der Waals surface area contributed by atoms with E-state index in [9.17, 15) is 5.11 Å². The first-order valence-corrected chi connectivity index (χ1v) is 8.05. The van der Waals surface area contributed by atoms with Gasteiger partial charge in [0.25, 0.3) is 0 Å². The van der Waals surface area contributed by atoms with E-state index < -0.39 is 5.60 Å². The van der Waals surface area contributed by atoms with Crippen LogP contribution >= 0.6 is 11.6 Å². The first-order valence-electron chi connectivity index (χ1n) is 7.67. The highest BCUT2D eigenvalue weighted by Crippen LogP contribution is 2.44. The summed E-state index contributed by atoms with van der Waals surface area (Å²) in [7, 11) is 0. The summed E-state index contributed by atoms with van der Waals surface area (Å²) < 4.78 is 0. The molecule has 1 aromatic rings. The summed E-state index contributed by atoms with van der Waals surface area (Å²) in [5, 5.41) is 11.5. The van der Waals surface area contributed by atoms with Crippen molar-refractivity contribution in [3.63, 3.8) is 0 Å². The summed E-state index contributed by atoms with van der Waals surface area (Å²) in [4.78, 5) is 4.00. The van der Waals surface area contributed by atoms with Crippen LogP contribution in [0.1, 0.15) is 58.4 Å². The lowest BCUT2D eigenvalue weighted by Crippen LogP contribution is -2.39. The van der Waals surface area contributed by atoms with E-state index in [4.69, 9.17) is 11.6 Å². The molecule has 112 valence electrons. The van der Waals surface area contributed by atoms with Gasteiger partial charge in [-0.1, -0.05) is 38.8 Å². The summed E-state index contributed by atoms with van der Waals surface area (Å²) >= 11 is 6.16. The minimum absolute atomic E-state index is 0.385. The standard InChI is InChI=1S/C17H26ClNO/c1-4-16(2,3)14-5-8-17(20,9-6-14)11-13-7-10-19-12-15(13)18/h7,10,12,14,20H,4-6,8-9,11H2,1-3H3. The van der Waals surface area contributed by atoms with Crippen LogP contribution in [-0.4, -0.2) is 15.7 Å². The molecular weight excluding hydrogens is 270 g/mol. The highest BCUT2D eigenvalue weighted by molar-refractivity contribution is 6.31. The zero-order valence-corrected chi connectivity index (χ0v) is 13.6. The smallest absolute Gasteiger partial charge is 0.0688 e. The van der Waals surface area contributed by atoms with Crippen LogP contribution in [0.3, 0.4) is 0 Å². The van der Waals surface area contributed by atoms with Gasteiger partial charge in [-0.15, -0.1) is 0 Å². The monoisotopic (exact) mass is 295 g/mol. The van der Waals surface area contributed by atoms with Crippen LogP contribution in [0.25, 0.3) is 0 Å². The third-order valence-corrected chi connectivity index (χ3v) is 5.65. The zero-order chi connectivity index (χ0) is 14.8. The van der Waals surface area contributed by atoms with Gasteiger partial charge in [-0.05, 0) is 48.6 Å². The number of pyridine rings is 1. The van der Waals surface area contributed by atoms with Crippen LogP contribution in [0.2, 0.25) is 5.02 Å². The van der Waals surface area contributed by atoms with Gasteiger partial charge >= 0.3 is 0 Å². The summed E-state index contributed by atoms with van der Waals surface area (Å²) in [5.41, 5.74) is 0.804. The maximum atomic E-state index is 10.8. The van der Waals surface area contributed by atoms with Gasteiger partial charge in [0.15, 0.2) is 0 Å². The highest BCUT2D eigenvalue weighted by atomic mass is 35.5. The van der Waals surface area contributed by atoms with Gasteiger partial charge in [0, 0.05) is 18.8 Å². The van der Waals surface area contributed by atoms with Crippen molar-refractivity contribution in [2.75, 3.05) is 0 Å². The molecule has 2 nitrogen and oxygen atoms in total. The topological polar surface area (TPSA) is 33.1 Å². The Morgan fingerprint density at radius 2 is 2.05 bits per heavy atom. The molecule has 0 aliphatic heterocycles. The molecule has 0 saturated heterocycles. The fraction of sp³-hybridized carbons (Fsp3) is 0.706. The molecule has 0 aromatic carbocycles. The molecule has 20 heavy (non-hydrogen) atoms. The predicted molar refractivity (Wildman–Crippen MR) is 83.9 cm³/mol. The van der Waals surface area contributed by atoms with Crippen molar-refractivity contribution >= 4 is 11.6 Å². The van der Waals surface area contributed by atoms with Crippen LogP contribution < -0.4 is 0 Å². The van der Waals surface area contributed by atoms with E-state index in [2.05, 4.69) is 25.8 Å². The number of rotatable bonds is 4. The van der Waals surface area contributed by atoms with Crippen LogP contribution in [0, 0.1) is 11.3 Å². The Morgan fingerprint density at radius 3 is 2.60 bits per heavy atom. The van der Waals surface area contributed by atoms with Crippen molar-refractivity contribution in [3.8, 4) is 0 Å². The molecule has 0 spiro atoms. The fourth-order valence-corrected chi connectivity index (χ4v) is 3.49. The van der Waals surface area contributed by atoms with Gasteiger partial charge in [0.1, 0.15) is 0 Å². The molecule has 1 fully saturated rings. The molecule has 0 atom stereocenters. The third kappa shape index (κ3) is 3.53. The van der Waals surface area contributed by atoms with Crippen molar-refractivity contribution in [2.45, 2.75) is 64.9 Å². The van der Waals surface area contributed by atoms with E-state index in [0.29, 0.717) is 16.9 Å². The molecule has 3 heteroatoms. The quantitative estimate of drug-likeness (QED) is 0.878. The van der Waals surface area contributed by atoms with Crippen molar-refractivity contribution in [2.24, 2.45) is 11.3 Å². The lowest BCUT2D eigenvalue weighted by atomic mass is 9.65. The Balaban J connectivity index is 2.00. The average molecular weight is 296 g/mol. The number of aromatic nitrogens is 1. The summed E-state index contributed by atoms with van der Waals surface area (Å²) in [6, 6.07) is 1.92. The number of hydrogen-bond acceptors (Lipinski definition) is 2. The molecule has 1 aliphatic carbocycles. The molecule has 0 bridgehead atoms. The maximum Gasteiger partial charge on any atom is 0.0688 e. The zero-order valence-electron chi connectivity index (χ0n) is 12.8. The number of aliphatic hydroxyl groups is 1. The number of hydrogen-bond donors (Lipinski definition) is 1. The second-order valence-corrected chi connectivity index (χ2v) is 7.39. The fourth-order valence-electron chi connectivity index (χ4n) is 3.30. The normalized spacial score (nSPS) is 27.6. The Hall–Kier alpha value is -0.600. The van der Waals surface area contributed by atoms with Gasteiger partial charge in [0.05, 0.1) is 10.6 Å². The SMILES string of the molecule is CCC(C)(C)C1CCC(O)(Cc2ccncc2Cl)CC1. The van der Waals surface area contributed by atoms with Crippen molar-refractivity contribution in [3.05, 3.63) is 29.0 Å². The van der Waals surface area contributed by atoms with E-state index >= 15 is 0 Å². The molecule has 1 heterocycles. The number of nitrogens with zero attached hydrogens (tertiary/aromatic N) is 1. The molecule has 2 rings (SSSR count). The molecule has 1 saturated carbocycles. The van der Waals surface area contributed by atoms with Gasteiger partial charge < -0.3 is 5.11 Å². The lowest BCUT2D eigenvalue weighted by molar-refractivity contribution is -0.0276. The molecule has 1 aliphatic rings. The first kappa shape index (κ1) is 15.8. The van der Waals surface area contributed by atoms with Gasteiger partial charge in [-0.25, -0.2) is 0 Å². The molecule has 0 radical (unpaired) electrons. The largest absolute Gasteiger partial charge is 0.390 e. The summed E-state index contributed by atoms with van der Waals surface area (Å²) in [6.45, 7) is 6.96. The first-order chi connectivity index (χ1) is 9.36. The predicted octanol–water partition coefficient (Wildman–Crippen LogP) is 4.64. The van der Waals surface area contributed by atoms with Crippen LogP contribution in [-0.2, 0) is 6.42 Å². The van der Waals surface area contributed by atoms with E-state index in [1.807, 2.05) is 6.07 Å². The Labute approximate surface area is 127 Å². The van der Waals surface area contributed by atoms with Crippen LogP contribution in [0.4, 0.5) is 0 Å². The molecule has 0 unspecified atom stereocenters. The second-order valence-electron chi connectivity index (χ2n) is 6.98. The molecule has 1 aromatic heterocycles. The Kier molecular flexibility index (Phi) is 4.76.